The van der Waals surface area contributed by atoms with Crippen molar-refractivity contribution in [3.8, 4) is 0 Å². The summed E-state index contributed by atoms with van der Waals surface area (Å²) in [5, 5.41) is 1.07. The first-order chi connectivity index (χ1) is 9.11. The second-order valence-electron chi connectivity index (χ2n) is 4.83. The summed E-state index contributed by atoms with van der Waals surface area (Å²) in [5.41, 5.74) is 0.620. The number of thioether (sulfide) groups is 1. The maximum Gasteiger partial charge on any atom is 0.254 e. The second-order valence-corrected chi connectivity index (χ2v) is 6.79. The highest BCUT2D eigenvalue weighted by Crippen LogP contribution is 2.32. The van der Waals surface area contributed by atoms with Gasteiger partial charge in [0.15, 0.2) is 0 Å². The minimum atomic E-state index is 0.0384. The molecule has 19 heavy (non-hydrogen) atoms. The van der Waals surface area contributed by atoms with Crippen LogP contribution >= 0.6 is 23.4 Å². The average Bonchev–Trinajstić information content (AvgIpc) is 2.86. The van der Waals surface area contributed by atoms with Crippen LogP contribution in [-0.2, 0) is 0 Å². The average molecular weight is 299 g/mol. The Hall–Kier alpha value is -0.740. The van der Waals surface area contributed by atoms with Crippen LogP contribution in [0.5, 0.6) is 0 Å². The number of carbonyl (C=O) groups excluding carboxylic acids is 1. The number of hydrogen-bond acceptors (Lipinski definition) is 3. The Morgan fingerprint density at radius 1 is 1.58 bits per heavy atom. The molecule has 1 aliphatic rings. The van der Waals surface area contributed by atoms with E-state index in [1.165, 1.54) is 6.42 Å². The molecule has 3 nitrogen and oxygen atoms in total. The van der Waals surface area contributed by atoms with Crippen LogP contribution in [0.4, 0.5) is 0 Å². The molecule has 0 bridgehead atoms. The fraction of sp³-hybridized carbons (Fsp3) is 0.571. The number of pyridine rings is 1. The lowest BCUT2D eigenvalue weighted by Gasteiger charge is -2.24. The standard InChI is InChI=1S/C14H19ClN2OS/c1-3-19-12-5-4-11(9-12)17(2)14(18)10-6-7-16-13(15)8-10/h6-8,11-12H,3-5,9H2,1-2H3/t11-,12+/m1/s1. The van der Waals surface area contributed by atoms with Gasteiger partial charge in [-0.05, 0) is 37.1 Å². The van der Waals surface area contributed by atoms with Gasteiger partial charge in [0.2, 0.25) is 0 Å². The number of hydrogen-bond donors (Lipinski definition) is 0. The van der Waals surface area contributed by atoms with Gasteiger partial charge >= 0.3 is 0 Å². The molecule has 0 unspecified atom stereocenters. The predicted octanol–water partition coefficient (Wildman–Crippen LogP) is 3.48. The van der Waals surface area contributed by atoms with Crippen molar-refractivity contribution in [2.75, 3.05) is 12.8 Å². The van der Waals surface area contributed by atoms with Gasteiger partial charge in [-0.25, -0.2) is 4.98 Å². The largest absolute Gasteiger partial charge is 0.339 e. The molecule has 1 heterocycles. The Kier molecular flexibility index (Phi) is 5.11. The summed E-state index contributed by atoms with van der Waals surface area (Å²) in [5.74, 6) is 1.19. The summed E-state index contributed by atoms with van der Waals surface area (Å²) < 4.78 is 0. The molecule has 0 saturated heterocycles. The van der Waals surface area contributed by atoms with E-state index in [0.29, 0.717) is 22.0 Å². The Bertz CT molecular complexity index is 455. The van der Waals surface area contributed by atoms with Crippen LogP contribution in [0.3, 0.4) is 0 Å². The lowest BCUT2D eigenvalue weighted by molar-refractivity contribution is 0.0735. The number of halogens is 1. The minimum Gasteiger partial charge on any atom is -0.339 e. The van der Waals surface area contributed by atoms with Crippen molar-refractivity contribution in [3.63, 3.8) is 0 Å². The van der Waals surface area contributed by atoms with E-state index in [1.807, 2.05) is 23.7 Å². The van der Waals surface area contributed by atoms with Crippen LogP contribution in [0, 0.1) is 0 Å². The normalized spacial score (nSPS) is 22.5. The smallest absolute Gasteiger partial charge is 0.254 e. The number of aromatic nitrogens is 1. The topological polar surface area (TPSA) is 33.2 Å². The van der Waals surface area contributed by atoms with Gasteiger partial charge in [0.1, 0.15) is 5.15 Å². The number of rotatable bonds is 4. The second kappa shape index (κ2) is 6.62. The summed E-state index contributed by atoms with van der Waals surface area (Å²) in [7, 11) is 1.89. The Labute approximate surface area is 123 Å². The molecule has 2 rings (SSSR count). The maximum atomic E-state index is 12.4. The van der Waals surface area contributed by atoms with Crippen molar-refractivity contribution in [3.05, 3.63) is 29.0 Å². The molecule has 2 atom stereocenters. The Morgan fingerprint density at radius 2 is 2.37 bits per heavy atom. The lowest BCUT2D eigenvalue weighted by atomic mass is 10.2. The first-order valence-corrected chi connectivity index (χ1v) is 8.04. The van der Waals surface area contributed by atoms with Gasteiger partial charge in [-0.15, -0.1) is 0 Å². The first-order valence-electron chi connectivity index (χ1n) is 6.62. The van der Waals surface area contributed by atoms with Crippen molar-refractivity contribution in [2.45, 2.75) is 37.5 Å². The number of nitrogens with zero attached hydrogens (tertiary/aromatic N) is 2. The van der Waals surface area contributed by atoms with Crippen molar-refractivity contribution < 1.29 is 4.79 Å². The van der Waals surface area contributed by atoms with Crippen molar-refractivity contribution in [1.29, 1.82) is 0 Å². The molecule has 1 fully saturated rings. The SMILES string of the molecule is CCS[C@H]1CC[C@@H](N(C)C(=O)c2ccnc(Cl)c2)C1. The van der Waals surface area contributed by atoms with Crippen molar-refractivity contribution in [2.24, 2.45) is 0 Å². The molecule has 1 saturated carbocycles. The third kappa shape index (κ3) is 3.63. The third-order valence-corrected chi connectivity index (χ3v) is 5.04. The molecule has 0 spiro atoms. The summed E-state index contributed by atoms with van der Waals surface area (Å²) >= 11 is 7.83. The molecule has 1 amide bonds. The fourth-order valence-electron chi connectivity index (χ4n) is 2.56. The maximum absolute atomic E-state index is 12.4. The van der Waals surface area contributed by atoms with Crippen molar-refractivity contribution in [1.82, 2.24) is 9.88 Å². The molecular formula is C14H19ClN2OS. The van der Waals surface area contributed by atoms with E-state index in [1.54, 1.807) is 18.3 Å². The molecular weight excluding hydrogens is 280 g/mol. The van der Waals surface area contributed by atoms with E-state index in [9.17, 15) is 4.79 Å². The van der Waals surface area contributed by atoms with Crippen LogP contribution in [0.1, 0.15) is 36.5 Å². The van der Waals surface area contributed by atoms with E-state index in [4.69, 9.17) is 11.6 Å². The van der Waals surface area contributed by atoms with Crippen molar-refractivity contribution >= 4 is 29.3 Å². The fourth-order valence-corrected chi connectivity index (χ4v) is 3.87. The van der Waals surface area contributed by atoms with E-state index >= 15 is 0 Å². The number of amides is 1. The quantitative estimate of drug-likeness (QED) is 0.798. The van der Waals surface area contributed by atoms with Gasteiger partial charge in [0.25, 0.3) is 5.91 Å². The number of carbonyl (C=O) groups is 1. The van der Waals surface area contributed by atoms with E-state index in [-0.39, 0.29) is 5.91 Å². The molecule has 0 aromatic carbocycles. The molecule has 1 aromatic heterocycles. The van der Waals surface area contributed by atoms with Gasteiger partial charge in [0, 0.05) is 30.1 Å². The molecule has 104 valence electrons. The molecule has 1 aromatic rings. The van der Waals surface area contributed by atoms with Gasteiger partial charge in [0.05, 0.1) is 0 Å². The molecule has 1 aliphatic carbocycles. The van der Waals surface area contributed by atoms with Gasteiger partial charge in [-0.1, -0.05) is 18.5 Å². The van der Waals surface area contributed by atoms with Gasteiger partial charge < -0.3 is 4.90 Å². The van der Waals surface area contributed by atoms with Gasteiger partial charge in [-0.3, -0.25) is 4.79 Å². The van der Waals surface area contributed by atoms with E-state index < -0.39 is 0 Å². The Morgan fingerprint density at radius 3 is 3.05 bits per heavy atom. The molecule has 5 heteroatoms. The van der Waals surface area contributed by atoms with Crippen LogP contribution in [0.2, 0.25) is 5.15 Å². The third-order valence-electron chi connectivity index (χ3n) is 3.60. The Balaban J connectivity index is 2.00. The molecule has 0 N–H and O–H groups in total. The van der Waals surface area contributed by atoms with Crippen LogP contribution in [0.25, 0.3) is 0 Å². The van der Waals surface area contributed by atoms with E-state index in [2.05, 4.69) is 11.9 Å². The monoisotopic (exact) mass is 298 g/mol. The lowest BCUT2D eigenvalue weighted by Crippen LogP contribution is -2.35. The molecule has 0 aliphatic heterocycles. The summed E-state index contributed by atoms with van der Waals surface area (Å²) in [6.07, 6.45) is 4.98. The zero-order chi connectivity index (χ0) is 13.8. The highest BCUT2D eigenvalue weighted by molar-refractivity contribution is 7.99. The summed E-state index contributed by atoms with van der Waals surface area (Å²) in [6, 6.07) is 3.70. The minimum absolute atomic E-state index is 0.0384. The summed E-state index contributed by atoms with van der Waals surface area (Å²) in [4.78, 5) is 18.2. The van der Waals surface area contributed by atoms with Crippen LogP contribution < -0.4 is 0 Å². The van der Waals surface area contributed by atoms with E-state index in [0.717, 1.165) is 18.6 Å². The predicted molar refractivity (Wildman–Crippen MR) is 80.9 cm³/mol. The van der Waals surface area contributed by atoms with Gasteiger partial charge in [-0.2, -0.15) is 11.8 Å². The highest BCUT2D eigenvalue weighted by Gasteiger charge is 2.30. The van der Waals surface area contributed by atoms with Crippen LogP contribution in [-0.4, -0.2) is 39.9 Å². The van der Waals surface area contributed by atoms with Crippen LogP contribution in [0.15, 0.2) is 18.3 Å². The molecule has 0 radical (unpaired) electrons. The zero-order valence-corrected chi connectivity index (χ0v) is 12.9. The zero-order valence-electron chi connectivity index (χ0n) is 11.3. The first kappa shape index (κ1) is 14.7. The summed E-state index contributed by atoms with van der Waals surface area (Å²) in [6.45, 7) is 2.19. The highest BCUT2D eigenvalue weighted by atomic mass is 35.5.